The number of hydrogen-bond donors (Lipinski definition) is 1. The number of aliphatic hydroxyl groups excluding tert-OH is 1. The Kier molecular flexibility index (Phi) is 11.5. The quantitative estimate of drug-likeness (QED) is 0.419. The molecular weight excluding hydrogens is 184 g/mol. The van der Waals surface area contributed by atoms with Crippen LogP contribution in [0.3, 0.4) is 0 Å². The van der Waals surface area contributed by atoms with Crippen molar-refractivity contribution < 1.29 is 5.11 Å². The number of allylic oxidation sites excluding steroid dienone is 2. The molecule has 1 heteroatoms. The van der Waals surface area contributed by atoms with E-state index in [1.165, 1.54) is 44.9 Å². The second-order valence-electron chi connectivity index (χ2n) is 4.45. The zero-order valence-corrected chi connectivity index (χ0v) is 10.5. The minimum atomic E-state index is -0.122. The topological polar surface area (TPSA) is 20.2 Å². The minimum absolute atomic E-state index is 0.122. The maximum Gasteiger partial charge on any atom is 0.0512 e. The summed E-state index contributed by atoms with van der Waals surface area (Å²) in [6.07, 6.45) is 15.7. The lowest BCUT2D eigenvalue weighted by Crippen LogP contribution is -1.97. The standard InChI is InChI=1S/C14H28O/c1-3-4-5-6-7-8-9-10-11-12-13-14(2)15/h8-9,14-15H,3-7,10-13H2,1-2H3/b9-8+. The first-order chi connectivity index (χ1) is 7.27. The molecule has 0 aliphatic rings. The van der Waals surface area contributed by atoms with Gasteiger partial charge in [-0.3, -0.25) is 0 Å². The molecule has 0 radical (unpaired) electrons. The molecule has 0 spiro atoms. The number of rotatable bonds is 10. The molecule has 0 fully saturated rings. The van der Waals surface area contributed by atoms with E-state index in [4.69, 9.17) is 5.11 Å². The highest BCUT2D eigenvalue weighted by atomic mass is 16.3. The highest BCUT2D eigenvalue weighted by Crippen LogP contribution is 2.06. The Hall–Kier alpha value is -0.300. The molecule has 0 rings (SSSR count). The second-order valence-corrected chi connectivity index (χ2v) is 4.45. The molecule has 15 heavy (non-hydrogen) atoms. The first-order valence-corrected chi connectivity index (χ1v) is 6.60. The molecule has 90 valence electrons. The van der Waals surface area contributed by atoms with Crippen LogP contribution in [-0.2, 0) is 0 Å². The largest absolute Gasteiger partial charge is 0.393 e. The van der Waals surface area contributed by atoms with E-state index in [1.54, 1.807) is 0 Å². The molecule has 0 saturated heterocycles. The van der Waals surface area contributed by atoms with E-state index in [1.807, 2.05) is 6.92 Å². The zero-order chi connectivity index (χ0) is 11.4. The van der Waals surface area contributed by atoms with Gasteiger partial charge in [0.1, 0.15) is 0 Å². The van der Waals surface area contributed by atoms with Gasteiger partial charge in [-0.2, -0.15) is 0 Å². The zero-order valence-electron chi connectivity index (χ0n) is 10.5. The van der Waals surface area contributed by atoms with Crippen LogP contribution in [0.15, 0.2) is 12.2 Å². The summed E-state index contributed by atoms with van der Waals surface area (Å²) in [4.78, 5) is 0. The van der Waals surface area contributed by atoms with Crippen molar-refractivity contribution in [3.63, 3.8) is 0 Å². The fourth-order valence-corrected chi connectivity index (χ4v) is 1.63. The smallest absolute Gasteiger partial charge is 0.0512 e. The molecule has 0 bridgehead atoms. The van der Waals surface area contributed by atoms with Gasteiger partial charge in [-0.15, -0.1) is 0 Å². The van der Waals surface area contributed by atoms with E-state index in [9.17, 15) is 0 Å². The first-order valence-electron chi connectivity index (χ1n) is 6.60. The van der Waals surface area contributed by atoms with E-state index >= 15 is 0 Å². The fraction of sp³-hybridized carbons (Fsp3) is 0.857. The fourth-order valence-electron chi connectivity index (χ4n) is 1.63. The second kappa shape index (κ2) is 11.8. The van der Waals surface area contributed by atoms with Gasteiger partial charge < -0.3 is 5.11 Å². The van der Waals surface area contributed by atoms with Crippen molar-refractivity contribution in [3.05, 3.63) is 12.2 Å². The summed E-state index contributed by atoms with van der Waals surface area (Å²) in [7, 11) is 0. The Morgan fingerprint density at radius 2 is 1.53 bits per heavy atom. The molecule has 0 aliphatic heterocycles. The van der Waals surface area contributed by atoms with E-state index in [-0.39, 0.29) is 6.10 Å². The van der Waals surface area contributed by atoms with Crippen LogP contribution in [0.4, 0.5) is 0 Å². The Balaban J connectivity index is 3.04. The number of hydrogen-bond acceptors (Lipinski definition) is 1. The third kappa shape index (κ3) is 13.7. The van der Waals surface area contributed by atoms with Crippen LogP contribution in [0.25, 0.3) is 0 Å². The molecule has 0 aromatic rings. The Labute approximate surface area is 95.6 Å². The third-order valence-corrected chi connectivity index (χ3v) is 2.63. The normalized spacial score (nSPS) is 13.5. The van der Waals surface area contributed by atoms with E-state index in [0.29, 0.717) is 0 Å². The van der Waals surface area contributed by atoms with Gasteiger partial charge >= 0.3 is 0 Å². The van der Waals surface area contributed by atoms with Gasteiger partial charge in [0.25, 0.3) is 0 Å². The summed E-state index contributed by atoms with van der Waals surface area (Å²) in [5.74, 6) is 0. The lowest BCUT2D eigenvalue weighted by atomic mass is 10.1. The molecule has 0 aromatic carbocycles. The van der Waals surface area contributed by atoms with Crippen LogP contribution in [0.5, 0.6) is 0 Å². The Bertz CT molecular complexity index is 138. The van der Waals surface area contributed by atoms with Crippen LogP contribution in [0, 0.1) is 0 Å². The first kappa shape index (κ1) is 14.7. The van der Waals surface area contributed by atoms with Crippen molar-refractivity contribution in [1.29, 1.82) is 0 Å². The minimum Gasteiger partial charge on any atom is -0.393 e. The summed E-state index contributed by atoms with van der Waals surface area (Å²) >= 11 is 0. The average molecular weight is 212 g/mol. The lowest BCUT2D eigenvalue weighted by Gasteiger charge is -2.01. The van der Waals surface area contributed by atoms with Gasteiger partial charge in [0.05, 0.1) is 6.10 Å². The van der Waals surface area contributed by atoms with Crippen molar-refractivity contribution in [2.45, 2.75) is 77.7 Å². The van der Waals surface area contributed by atoms with Crippen LogP contribution in [0.1, 0.15) is 71.6 Å². The monoisotopic (exact) mass is 212 g/mol. The van der Waals surface area contributed by atoms with Gasteiger partial charge in [-0.25, -0.2) is 0 Å². The molecule has 1 unspecified atom stereocenters. The highest BCUT2D eigenvalue weighted by molar-refractivity contribution is 4.81. The van der Waals surface area contributed by atoms with Crippen LogP contribution in [-0.4, -0.2) is 11.2 Å². The number of unbranched alkanes of at least 4 members (excludes halogenated alkanes) is 6. The van der Waals surface area contributed by atoms with Gasteiger partial charge in [0.2, 0.25) is 0 Å². The SMILES string of the molecule is CCCCCC/C=C/CCCCC(C)O. The predicted molar refractivity (Wildman–Crippen MR) is 68.0 cm³/mol. The molecule has 1 nitrogen and oxygen atoms in total. The van der Waals surface area contributed by atoms with Gasteiger partial charge in [0, 0.05) is 0 Å². The van der Waals surface area contributed by atoms with Crippen molar-refractivity contribution in [1.82, 2.24) is 0 Å². The maximum absolute atomic E-state index is 9.06. The van der Waals surface area contributed by atoms with E-state index in [2.05, 4.69) is 19.1 Å². The van der Waals surface area contributed by atoms with Crippen LogP contribution >= 0.6 is 0 Å². The summed E-state index contributed by atoms with van der Waals surface area (Å²) in [5, 5.41) is 9.06. The molecule has 1 atom stereocenters. The molecule has 0 heterocycles. The predicted octanol–water partition coefficient (Wildman–Crippen LogP) is 4.45. The number of aliphatic hydroxyl groups is 1. The molecule has 0 aliphatic carbocycles. The summed E-state index contributed by atoms with van der Waals surface area (Å²) in [6, 6.07) is 0. The van der Waals surface area contributed by atoms with Crippen LogP contribution < -0.4 is 0 Å². The van der Waals surface area contributed by atoms with E-state index in [0.717, 1.165) is 12.8 Å². The van der Waals surface area contributed by atoms with Gasteiger partial charge in [0.15, 0.2) is 0 Å². The Morgan fingerprint density at radius 1 is 0.933 bits per heavy atom. The molecule has 1 N–H and O–H groups in total. The lowest BCUT2D eigenvalue weighted by molar-refractivity contribution is 0.181. The Morgan fingerprint density at radius 3 is 2.07 bits per heavy atom. The molecular formula is C14H28O. The molecule has 0 amide bonds. The third-order valence-electron chi connectivity index (χ3n) is 2.63. The van der Waals surface area contributed by atoms with Crippen molar-refractivity contribution in [2.75, 3.05) is 0 Å². The van der Waals surface area contributed by atoms with Gasteiger partial charge in [-0.05, 0) is 39.0 Å². The van der Waals surface area contributed by atoms with Gasteiger partial charge in [-0.1, -0.05) is 44.8 Å². The van der Waals surface area contributed by atoms with Crippen molar-refractivity contribution >= 4 is 0 Å². The highest BCUT2D eigenvalue weighted by Gasteiger charge is 1.93. The van der Waals surface area contributed by atoms with E-state index < -0.39 is 0 Å². The van der Waals surface area contributed by atoms with Crippen molar-refractivity contribution in [3.8, 4) is 0 Å². The molecule has 0 aromatic heterocycles. The van der Waals surface area contributed by atoms with Crippen molar-refractivity contribution in [2.24, 2.45) is 0 Å². The molecule has 0 saturated carbocycles. The van der Waals surface area contributed by atoms with Crippen LogP contribution in [0.2, 0.25) is 0 Å². The summed E-state index contributed by atoms with van der Waals surface area (Å²) in [6.45, 7) is 4.11. The maximum atomic E-state index is 9.06. The summed E-state index contributed by atoms with van der Waals surface area (Å²) < 4.78 is 0. The summed E-state index contributed by atoms with van der Waals surface area (Å²) in [5.41, 5.74) is 0. The average Bonchev–Trinajstić information content (AvgIpc) is 2.20.